The monoisotopic (exact) mass is 303 g/mol. The normalized spacial score (nSPS) is 10.5. The third-order valence-corrected chi connectivity index (χ3v) is 3.21. The Kier molecular flexibility index (Phi) is 3.91. The minimum Gasteiger partial charge on any atom is -0.258 e. The summed E-state index contributed by atoms with van der Waals surface area (Å²) >= 11 is 6.14. The molecule has 0 unspecified atom stereocenters. The summed E-state index contributed by atoms with van der Waals surface area (Å²) in [6, 6.07) is 2.78. The van der Waals surface area contributed by atoms with E-state index in [1.165, 1.54) is 0 Å². The Morgan fingerprint density at radius 1 is 1.37 bits per heavy atom. The zero-order valence-corrected chi connectivity index (χ0v) is 10.6. The van der Waals surface area contributed by atoms with Gasteiger partial charge in [-0.15, -0.1) is 0 Å². The fourth-order valence-corrected chi connectivity index (χ4v) is 2.29. The van der Waals surface area contributed by atoms with Crippen LogP contribution >= 0.6 is 23.4 Å². The zero-order chi connectivity index (χ0) is 14.0. The number of nitro groups is 1. The van der Waals surface area contributed by atoms with Crippen molar-refractivity contribution in [3.8, 4) is 0 Å². The maximum atomic E-state index is 13.5. The summed E-state index contributed by atoms with van der Waals surface area (Å²) in [7, 11) is 0. The summed E-state index contributed by atoms with van der Waals surface area (Å²) in [5.41, 5.74) is -0.432. The number of hydrogen-bond donors (Lipinski definition) is 0. The smallest absolute Gasteiger partial charge is 0.258 e. The number of nitrogens with zero attached hydrogens (tertiary/aromatic N) is 3. The SMILES string of the molecule is O=[N+]([O-])c1cnc(Cl)nc1Sc1cc(F)ccc1F. The van der Waals surface area contributed by atoms with E-state index in [0.717, 1.165) is 24.4 Å². The highest BCUT2D eigenvalue weighted by molar-refractivity contribution is 7.99. The molecule has 0 aliphatic carbocycles. The molecule has 0 saturated heterocycles. The predicted molar refractivity (Wildman–Crippen MR) is 64.2 cm³/mol. The van der Waals surface area contributed by atoms with Gasteiger partial charge in [0.15, 0.2) is 5.03 Å². The van der Waals surface area contributed by atoms with Gasteiger partial charge >= 0.3 is 5.69 Å². The number of halogens is 3. The van der Waals surface area contributed by atoms with Gasteiger partial charge in [-0.2, -0.15) is 0 Å². The summed E-state index contributed by atoms with van der Waals surface area (Å²) in [6.07, 6.45) is 0.912. The van der Waals surface area contributed by atoms with Crippen LogP contribution < -0.4 is 0 Å². The van der Waals surface area contributed by atoms with Gasteiger partial charge in [0.05, 0.1) is 9.82 Å². The van der Waals surface area contributed by atoms with Gasteiger partial charge in [-0.25, -0.2) is 18.7 Å². The maximum Gasteiger partial charge on any atom is 0.319 e. The molecule has 2 aromatic rings. The van der Waals surface area contributed by atoms with Crippen LogP contribution in [0, 0.1) is 21.7 Å². The van der Waals surface area contributed by atoms with Crippen LogP contribution in [0.5, 0.6) is 0 Å². The van der Waals surface area contributed by atoms with Crippen LogP contribution in [0.15, 0.2) is 34.3 Å². The molecule has 98 valence electrons. The molecule has 9 heteroatoms. The van der Waals surface area contributed by atoms with E-state index in [4.69, 9.17) is 11.6 Å². The first-order chi connectivity index (χ1) is 8.97. The molecular formula is C10H4ClF2N3O2S. The van der Waals surface area contributed by atoms with E-state index < -0.39 is 22.2 Å². The molecule has 0 atom stereocenters. The van der Waals surface area contributed by atoms with Crippen LogP contribution in [-0.4, -0.2) is 14.9 Å². The van der Waals surface area contributed by atoms with E-state index in [-0.39, 0.29) is 15.2 Å². The molecule has 0 fully saturated rings. The van der Waals surface area contributed by atoms with Gasteiger partial charge < -0.3 is 0 Å². The van der Waals surface area contributed by atoms with E-state index in [0.29, 0.717) is 11.8 Å². The topological polar surface area (TPSA) is 68.9 Å². The van der Waals surface area contributed by atoms with Crippen molar-refractivity contribution >= 4 is 29.1 Å². The summed E-state index contributed by atoms with van der Waals surface area (Å²) in [4.78, 5) is 17.0. The molecule has 0 aliphatic heterocycles. The predicted octanol–water partition coefficient (Wildman–Crippen LogP) is 3.47. The molecule has 19 heavy (non-hydrogen) atoms. The van der Waals surface area contributed by atoms with Crippen molar-refractivity contribution in [2.24, 2.45) is 0 Å². The second-order valence-electron chi connectivity index (χ2n) is 3.26. The van der Waals surface area contributed by atoms with Crippen LogP contribution in [0.3, 0.4) is 0 Å². The molecule has 1 aromatic heterocycles. The summed E-state index contributed by atoms with van der Waals surface area (Å²) in [5.74, 6) is -1.37. The van der Waals surface area contributed by atoms with Gasteiger partial charge in [-0.1, -0.05) is 11.8 Å². The highest BCUT2D eigenvalue weighted by Crippen LogP contribution is 2.34. The van der Waals surface area contributed by atoms with E-state index in [2.05, 4.69) is 9.97 Å². The molecule has 0 saturated carbocycles. The Hall–Kier alpha value is -1.80. The molecule has 0 N–H and O–H groups in total. The zero-order valence-electron chi connectivity index (χ0n) is 9.01. The second-order valence-corrected chi connectivity index (χ2v) is 4.63. The van der Waals surface area contributed by atoms with Gasteiger partial charge in [0, 0.05) is 0 Å². The molecule has 0 amide bonds. The summed E-state index contributed by atoms with van der Waals surface area (Å²) in [6.45, 7) is 0. The van der Waals surface area contributed by atoms with Gasteiger partial charge in [0.1, 0.15) is 17.8 Å². The van der Waals surface area contributed by atoms with Crippen LogP contribution in [-0.2, 0) is 0 Å². The number of rotatable bonds is 3. The number of hydrogen-bond acceptors (Lipinski definition) is 5. The lowest BCUT2D eigenvalue weighted by atomic mass is 10.3. The van der Waals surface area contributed by atoms with Gasteiger partial charge in [-0.3, -0.25) is 10.1 Å². The Morgan fingerprint density at radius 3 is 2.79 bits per heavy atom. The lowest BCUT2D eigenvalue weighted by molar-refractivity contribution is -0.388. The van der Waals surface area contributed by atoms with Crippen molar-refractivity contribution in [1.29, 1.82) is 0 Å². The molecule has 1 aromatic carbocycles. The van der Waals surface area contributed by atoms with Crippen molar-refractivity contribution in [2.45, 2.75) is 9.92 Å². The Labute approximate surface area is 114 Å². The van der Waals surface area contributed by atoms with E-state index in [1.807, 2.05) is 0 Å². The first-order valence-electron chi connectivity index (χ1n) is 4.77. The molecule has 0 aliphatic rings. The largest absolute Gasteiger partial charge is 0.319 e. The molecule has 2 rings (SSSR count). The lowest BCUT2D eigenvalue weighted by Gasteiger charge is -2.03. The van der Waals surface area contributed by atoms with Gasteiger partial charge in [0.2, 0.25) is 5.28 Å². The molecule has 0 spiro atoms. The molecular weight excluding hydrogens is 300 g/mol. The molecule has 1 heterocycles. The quantitative estimate of drug-likeness (QED) is 0.376. The molecule has 0 bridgehead atoms. The van der Waals surface area contributed by atoms with Gasteiger partial charge in [-0.05, 0) is 29.8 Å². The van der Waals surface area contributed by atoms with Crippen molar-refractivity contribution in [3.05, 3.63) is 51.4 Å². The minimum atomic E-state index is -0.726. The average molecular weight is 304 g/mol. The van der Waals surface area contributed by atoms with E-state index >= 15 is 0 Å². The average Bonchev–Trinajstić information content (AvgIpc) is 2.33. The third-order valence-electron chi connectivity index (χ3n) is 2.00. The third kappa shape index (κ3) is 3.15. The van der Waals surface area contributed by atoms with Crippen LogP contribution in [0.25, 0.3) is 0 Å². The van der Waals surface area contributed by atoms with E-state index in [9.17, 15) is 18.9 Å². The van der Waals surface area contributed by atoms with Crippen LogP contribution in [0.2, 0.25) is 5.28 Å². The number of aromatic nitrogens is 2. The van der Waals surface area contributed by atoms with Gasteiger partial charge in [0.25, 0.3) is 0 Å². The number of benzene rings is 1. The summed E-state index contributed by atoms with van der Waals surface area (Å²) < 4.78 is 26.5. The fourth-order valence-electron chi connectivity index (χ4n) is 1.20. The first-order valence-corrected chi connectivity index (χ1v) is 5.96. The highest BCUT2D eigenvalue weighted by atomic mass is 35.5. The Balaban J connectivity index is 2.45. The fraction of sp³-hybridized carbons (Fsp3) is 0. The van der Waals surface area contributed by atoms with Crippen molar-refractivity contribution in [1.82, 2.24) is 9.97 Å². The van der Waals surface area contributed by atoms with E-state index in [1.54, 1.807) is 0 Å². The van der Waals surface area contributed by atoms with Crippen molar-refractivity contribution < 1.29 is 13.7 Å². The minimum absolute atomic E-state index is 0.127. The van der Waals surface area contributed by atoms with Crippen LogP contribution in [0.4, 0.5) is 14.5 Å². The second kappa shape index (κ2) is 5.45. The standard InChI is InChI=1S/C10H4ClF2N3O2S/c11-10-14-4-7(16(17)18)9(15-10)19-8-3-5(12)1-2-6(8)13/h1-4H. The van der Waals surface area contributed by atoms with Crippen molar-refractivity contribution in [2.75, 3.05) is 0 Å². The van der Waals surface area contributed by atoms with Crippen LogP contribution in [0.1, 0.15) is 0 Å². The lowest BCUT2D eigenvalue weighted by Crippen LogP contribution is -1.96. The molecule has 5 nitrogen and oxygen atoms in total. The molecule has 0 radical (unpaired) electrons. The van der Waals surface area contributed by atoms with Crippen molar-refractivity contribution in [3.63, 3.8) is 0 Å². The Bertz CT molecular complexity index is 657. The summed E-state index contributed by atoms with van der Waals surface area (Å²) in [5, 5.41) is 10.4. The first kappa shape index (κ1) is 13.6. The highest BCUT2D eigenvalue weighted by Gasteiger charge is 2.19. The maximum absolute atomic E-state index is 13.5. The Morgan fingerprint density at radius 2 is 2.11 bits per heavy atom.